The number of carbonyl (C=O) groups is 2. The summed E-state index contributed by atoms with van der Waals surface area (Å²) in [6, 6.07) is 15.5. The van der Waals surface area contributed by atoms with Gasteiger partial charge in [-0.1, -0.05) is 24.3 Å². The molecule has 1 atom stereocenters. The van der Waals surface area contributed by atoms with Crippen molar-refractivity contribution in [2.24, 2.45) is 0 Å². The van der Waals surface area contributed by atoms with Crippen LogP contribution in [-0.2, 0) is 16.0 Å². The highest BCUT2D eigenvalue weighted by Crippen LogP contribution is 2.39. The van der Waals surface area contributed by atoms with Crippen LogP contribution in [0.5, 0.6) is 5.75 Å². The van der Waals surface area contributed by atoms with E-state index in [1.54, 1.807) is 0 Å². The molecule has 2 aliphatic rings. The predicted molar refractivity (Wildman–Crippen MR) is 94.4 cm³/mol. The van der Waals surface area contributed by atoms with Gasteiger partial charge in [-0.2, -0.15) is 0 Å². The number of hydrogen-bond donors (Lipinski definition) is 1. The fraction of sp³-hybridized carbons (Fsp3) is 0.300. The van der Waals surface area contributed by atoms with Gasteiger partial charge in [0.1, 0.15) is 5.75 Å². The SMILES string of the molecule is O=C(COc1ccc2c(c1)CCN1C(=O)CCC21)Nc1ccccc1. The van der Waals surface area contributed by atoms with E-state index >= 15 is 0 Å². The molecule has 2 aromatic rings. The number of carbonyl (C=O) groups excluding carboxylic acids is 2. The molecule has 0 saturated carbocycles. The lowest BCUT2D eigenvalue weighted by molar-refractivity contribution is -0.129. The van der Waals surface area contributed by atoms with Crippen molar-refractivity contribution in [1.82, 2.24) is 4.90 Å². The number of nitrogens with one attached hydrogen (secondary N) is 1. The number of para-hydroxylation sites is 1. The van der Waals surface area contributed by atoms with Crippen LogP contribution < -0.4 is 10.1 Å². The van der Waals surface area contributed by atoms with Gasteiger partial charge in [0.15, 0.2) is 6.61 Å². The summed E-state index contributed by atoms with van der Waals surface area (Å²) in [5.41, 5.74) is 3.20. The largest absolute Gasteiger partial charge is 0.484 e. The van der Waals surface area contributed by atoms with E-state index in [2.05, 4.69) is 5.32 Å². The molecule has 128 valence electrons. The Morgan fingerprint density at radius 3 is 2.84 bits per heavy atom. The molecule has 5 heteroatoms. The molecule has 0 bridgehead atoms. The third kappa shape index (κ3) is 3.22. The monoisotopic (exact) mass is 336 g/mol. The Morgan fingerprint density at radius 1 is 1.16 bits per heavy atom. The molecule has 0 spiro atoms. The summed E-state index contributed by atoms with van der Waals surface area (Å²) in [5.74, 6) is 0.768. The standard InChI is InChI=1S/C20H20N2O3/c23-19(21-15-4-2-1-3-5-15)13-25-16-6-7-17-14(12-16)10-11-22-18(17)8-9-20(22)24/h1-7,12,18H,8-11,13H2,(H,21,23). The van der Waals surface area contributed by atoms with Gasteiger partial charge in [0.05, 0.1) is 6.04 Å². The Bertz CT molecular complexity index is 804. The molecule has 0 radical (unpaired) electrons. The quantitative estimate of drug-likeness (QED) is 0.934. The Kier molecular flexibility index (Phi) is 4.14. The molecule has 1 fully saturated rings. The molecule has 5 nitrogen and oxygen atoms in total. The van der Waals surface area contributed by atoms with Crippen LogP contribution in [0, 0.1) is 0 Å². The van der Waals surface area contributed by atoms with Crippen molar-refractivity contribution in [3.63, 3.8) is 0 Å². The summed E-state index contributed by atoms with van der Waals surface area (Å²) in [7, 11) is 0. The summed E-state index contributed by atoms with van der Waals surface area (Å²) in [6.45, 7) is 0.746. The maximum Gasteiger partial charge on any atom is 0.262 e. The summed E-state index contributed by atoms with van der Waals surface area (Å²) in [6.07, 6.45) is 2.37. The van der Waals surface area contributed by atoms with Crippen molar-refractivity contribution in [3.05, 3.63) is 59.7 Å². The molecule has 2 aromatic carbocycles. The number of fused-ring (bicyclic) bond motifs is 3. The van der Waals surface area contributed by atoms with Crippen LogP contribution in [-0.4, -0.2) is 29.9 Å². The maximum atomic E-state index is 12.0. The first-order valence-corrected chi connectivity index (χ1v) is 8.61. The average Bonchev–Trinajstić information content (AvgIpc) is 3.02. The second kappa shape index (κ2) is 6.59. The number of rotatable bonds is 4. The van der Waals surface area contributed by atoms with Gasteiger partial charge in [0.2, 0.25) is 5.91 Å². The van der Waals surface area contributed by atoms with Crippen LogP contribution in [0.3, 0.4) is 0 Å². The Hall–Kier alpha value is -2.82. The van der Waals surface area contributed by atoms with Gasteiger partial charge >= 0.3 is 0 Å². The molecule has 2 amide bonds. The summed E-state index contributed by atoms with van der Waals surface area (Å²) >= 11 is 0. The zero-order valence-electron chi connectivity index (χ0n) is 13.9. The summed E-state index contributed by atoms with van der Waals surface area (Å²) in [5, 5.41) is 2.80. The van der Waals surface area contributed by atoms with E-state index in [0.29, 0.717) is 12.2 Å². The molecule has 0 aromatic heterocycles. The lowest BCUT2D eigenvalue weighted by atomic mass is 9.93. The van der Waals surface area contributed by atoms with E-state index in [4.69, 9.17) is 4.74 Å². The Balaban J connectivity index is 1.39. The van der Waals surface area contributed by atoms with Crippen LogP contribution in [0.1, 0.15) is 30.0 Å². The minimum absolute atomic E-state index is 0.0261. The summed E-state index contributed by atoms with van der Waals surface area (Å²) < 4.78 is 5.65. The van der Waals surface area contributed by atoms with Crippen molar-refractivity contribution >= 4 is 17.5 Å². The van der Waals surface area contributed by atoms with E-state index < -0.39 is 0 Å². The highest BCUT2D eigenvalue weighted by Gasteiger charge is 2.35. The number of ether oxygens (including phenoxy) is 1. The highest BCUT2D eigenvalue weighted by molar-refractivity contribution is 5.91. The topological polar surface area (TPSA) is 58.6 Å². The first-order valence-electron chi connectivity index (χ1n) is 8.61. The van der Waals surface area contributed by atoms with Gasteiger partial charge in [-0.3, -0.25) is 9.59 Å². The van der Waals surface area contributed by atoms with Crippen molar-refractivity contribution in [2.75, 3.05) is 18.5 Å². The molecule has 1 N–H and O–H groups in total. The summed E-state index contributed by atoms with van der Waals surface area (Å²) in [4.78, 5) is 25.8. The molecule has 2 aliphatic heterocycles. The number of nitrogens with zero attached hydrogens (tertiary/aromatic N) is 1. The van der Waals surface area contributed by atoms with Gasteiger partial charge in [0.25, 0.3) is 5.91 Å². The minimum Gasteiger partial charge on any atom is -0.484 e. The molecule has 2 heterocycles. The minimum atomic E-state index is -0.184. The van der Waals surface area contributed by atoms with Gasteiger partial charge in [-0.05, 0) is 48.2 Å². The lowest BCUT2D eigenvalue weighted by Crippen LogP contribution is -2.34. The number of benzene rings is 2. The van der Waals surface area contributed by atoms with E-state index in [1.165, 1.54) is 11.1 Å². The average molecular weight is 336 g/mol. The van der Waals surface area contributed by atoms with Crippen LogP contribution in [0.25, 0.3) is 0 Å². The van der Waals surface area contributed by atoms with E-state index in [1.807, 2.05) is 53.4 Å². The zero-order chi connectivity index (χ0) is 17.2. The molecule has 1 unspecified atom stereocenters. The second-order valence-corrected chi connectivity index (χ2v) is 6.46. The zero-order valence-corrected chi connectivity index (χ0v) is 13.9. The van der Waals surface area contributed by atoms with Crippen molar-refractivity contribution < 1.29 is 14.3 Å². The Morgan fingerprint density at radius 2 is 2.00 bits per heavy atom. The van der Waals surface area contributed by atoms with Gasteiger partial charge < -0.3 is 15.0 Å². The fourth-order valence-corrected chi connectivity index (χ4v) is 3.66. The third-order valence-electron chi connectivity index (χ3n) is 4.85. The van der Waals surface area contributed by atoms with E-state index in [0.717, 1.165) is 25.1 Å². The highest BCUT2D eigenvalue weighted by atomic mass is 16.5. The molecule has 4 rings (SSSR count). The normalized spacial score (nSPS) is 18.5. The number of hydrogen-bond acceptors (Lipinski definition) is 3. The number of amides is 2. The smallest absolute Gasteiger partial charge is 0.262 e. The first kappa shape index (κ1) is 15.7. The van der Waals surface area contributed by atoms with Crippen LogP contribution in [0.4, 0.5) is 5.69 Å². The molecule has 25 heavy (non-hydrogen) atoms. The second-order valence-electron chi connectivity index (χ2n) is 6.46. The molecular formula is C20H20N2O3. The van der Waals surface area contributed by atoms with E-state index in [9.17, 15) is 9.59 Å². The van der Waals surface area contributed by atoms with Crippen LogP contribution in [0.15, 0.2) is 48.5 Å². The lowest BCUT2D eigenvalue weighted by Gasteiger charge is -2.32. The van der Waals surface area contributed by atoms with Crippen molar-refractivity contribution in [3.8, 4) is 5.75 Å². The van der Waals surface area contributed by atoms with Gasteiger partial charge in [-0.25, -0.2) is 0 Å². The molecule has 1 saturated heterocycles. The first-order chi connectivity index (χ1) is 12.2. The van der Waals surface area contributed by atoms with Crippen LogP contribution in [0.2, 0.25) is 0 Å². The molecule has 0 aliphatic carbocycles. The third-order valence-corrected chi connectivity index (χ3v) is 4.85. The van der Waals surface area contributed by atoms with E-state index in [-0.39, 0.29) is 24.5 Å². The fourth-order valence-electron chi connectivity index (χ4n) is 3.66. The van der Waals surface area contributed by atoms with Crippen molar-refractivity contribution in [2.45, 2.75) is 25.3 Å². The van der Waals surface area contributed by atoms with Gasteiger partial charge in [0, 0.05) is 18.7 Å². The Labute approximate surface area is 146 Å². The maximum absolute atomic E-state index is 12.0. The predicted octanol–water partition coefficient (Wildman–Crippen LogP) is 2.92. The van der Waals surface area contributed by atoms with Crippen LogP contribution >= 0.6 is 0 Å². The van der Waals surface area contributed by atoms with Gasteiger partial charge in [-0.15, -0.1) is 0 Å². The molecular weight excluding hydrogens is 316 g/mol. The van der Waals surface area contributed by atoms with Crippen molar-refractivity contribution in [1.29, 1.82) is 0 Å². The number of anilines is 1.